The summed E-state index contributed by atoms with van der Waals surface area (Å²) in [6, 6.07) is 9.84. The van der Waals surface area contributed by atoms with Crippen LogP contribution in [-0.2, 0) is 9.53 Å². The summed E-state index contributed by atoms with van der Waals surface area (Å²) in [7, 11) is 0. The van der Waals surface area contributed by atoms with Gasteiger partial charge in [0.1, 0.15) is 0 Å². The highest BCUT2D eigenvalue weighted by molar-refractivity contribution is 5.85. The fraction of sp³-hybridized carbons (Fsp3) is 0.611. The first-order valence-electron chi connectivity index (χ1n) is 8.48. The molecule has 23 heavy (non-hydrogen) atoms. The first-order valence-corrected chi connectivity index (χ1v) is 8.48. The number of carbonyl (C=O) groups is 1. The molecule has 0 radical (unpaired) electrons. The van der Waals surface area contributed by atoms with E-state index in [1.54, 1.807) is 0 Å². The van der Waals surface area contributed by atoms with Crippen LogP contribution in [0, 0.1) is 5.92 Å². The summed E-state index contributed by atoms with van der Waals surface area (Å²) in [6.07, 6.45) is 6.57. The molecule has 0 heterocycles. The number of halogens is 1. The summed E-state index contributed by atoms with van der Waals surface area (Å²) in [5, 5.41) is 2.99. The normalized spacial score (nSPS) is 20.6. The fourth-order valence-electron chi connectivity index (χ4n) is 3.14. The average Bonchev–Trinajstić information content (AvgIpc) is 3.28. The van der Waals surface area contributed by atoms with Crippen molar-refractivity contribution in [3.05, 3.63) is 35.9 Å². The van der Waals surface area contributed by atoms with Crippen molar-refractivity contribution in [3.63, 3.8) is 0 Å². The van der Waals surface area contributed by atoms with Gasteiger partial charge in [0.2, 0.25) is 0 Å². The maximum Gasteiger partial charge on any atom is 0.253 e. The third kappa shape index (κ3) is 5.20. The van der Waals surface area contributed by atoms with Crippen molar-refractivity contribution in [2.45, 2.75) is 56.8 Å². The number of hydrogen-bond donors (Lipinski definition) is 2. The lowest BCUT2D eigenvalue weighted by Crippen LogP contribution is -2.41. The first-order chi connectivity index (χ1) is 10.7. The predicted molar refractivity (Wildman–Crippen MR) is 93.5 cm³/mol. The molecule has 1 aromatic rings. The Hall–Kier alpha value is -1.10. The highest BCUT2D eigenvalue weighted by atomic mass is 35.5. The topological polar surface area (TPSA) is 64.3 Å². The van der Waals surface area contributed by atoms with Gasteiger partial charge >= 0.3 is 0 Å². The number of nitrogens with two attached hydrogens (primary N) is 1. The molecule has 128 valence electrons. The zero-order chi connectivity index (χ0) is 15.4. The molecule has 2 aliphatic rings. The quantitative estimate of drug-likeness (QED) is 0.803. The van der Waals surface area contributed by atoms with Crippen LogP contribution in [0.15, 0.2) is 30.3 Å². The van der Waals surface area contributed by atoms with Gasteiger partial charge in [-0.3, -0.25) is 4.79 Å². The van der Waals surface area contributed by atoms with Gasteiger partial charge in [-0.2, -0.15) is 0 Å². The van der Waals surface area contributed by atoms with Crippen LogP contribution in [0.3, 0.4) is 0 Å². The van der Waals surface area contributed by atoms with Crippen LogP contribution in [0.25, 0.3) is 0 Å². The lowest BCUT2D eigenvalue weighted by atomic mass is 10.1. The van der Waals surface area contributed by atoms with Gasteiger partial charge in [0.25, 0.3) is 5.91 Å². The van der Waals surface area contributed by atoms with Crippen LogP contribution < -0.4 is 11.1 Å². The number of carbonyl (C=O) groups excluding carboxylic acids is 1. The van der Waals surface area contributed by atoms with E-state index in [2.05, 4.69) is 5.32 Å². The molecule has 0 spiro atoms. The van der Waals surface area contributed by atoms with E-state index in [9.17, 15) is 4.79 Å². The number of amides is 1. The maximum absolute atomic E-state index is 12.6. The third-order valence-corrected chi connectivity index (χ3v) is 4.71. The molecule has 3 N–H and O–H groups in total. The van der Waals surface area contributed by atoms with Gasteiger partial charge in [0.15, 0.2) is 6.10 Å². The molecule has 4 nitrogen and oxygen atoms in total. The summed E-state index contributed by atoms with van der Waals surface area (Å²) < 4.78 is 6.11. The minimum atomic E-state index is -0.518. The summed E-state index contributed by atoms with van der Waals surface area (Å²) >= 11 is 0. The van der Waals surface area contributed by atoms with Crippen molar-refractivity contribution in [3.8, 4) is 0 Å². The van der Waals surface area contributed by atoms with Crippen molar-refractivity contribution in [1.29, 1.82) is 0 Å². The Kier molecular flexibility index (Phi) is 6.88. The highest BCUT2D eigenvalue weighted by Gasteiger charge is 2.31. The molecule has 0 saturated heterocycles. The summed E-state index contributed by atoms with van der Waals surface area (Å²) in [5.41, 5.74) is 7.00. The van der Waals surface area contributed by atoms with Crippen molar-refractivity contribution in [1.82, 2.24) is 5.32 Å². The molecular formula is C18H27ClN2O2. The van der Waals surface area contributed by atoms with E-state index in [1.807, 2.05) is 30.3 Å². The second-order valence-corrected chi connectivity index (χ2v) is 6.58. The predicted octanol–water partition coefficient (Wildman–Crippen LogP) is 2.96. The minimum absolute atomic E-state index is 0. The Balaban J connectivity index is 0.00000192. The zero-order valence-corrected chi connectivity index (χ0v) is 14.3. The molecule has 5 heteroatoms. The fourth-order valence-corrected chi connectivity index (χ4v) is 3.14. The van der Waals surface area contributed by atoms with Gasteiger partial charge in [-0.1, -0.05) is 43.2 Å². The molecule has 2 atom stereocenters. The van der Waals surface area contributed by atoms with Gasteiger partial charge in [-0.25, -0.2) is 0 Å². The lowest BCUT2D eigenvalue weighted by molar-refractivity contribution is -0.137. The van der Waals surface area contributed by atoms with E-state index < -0.39 is 6.10 Å². The van der Waals surface area contributed by atoms with E-state index in [0.717, 1.165) is 18.4 Å². The van der Waals surface area contributed by atoms with Crippen LogP contribution in [-0.4, -0.2) is 24.6 Å². The van der Waals surface area contributed by atoms with Crippen molar-refractivity contribution in [2.75, 3.05) is 6.54 Å². The standard InChI is InChI=1S/C18H26N2O2.ClH/c19-16(13-10-11-13)12-20-18(21)17(14-6-2-1-3-7-14)22-15-8-4-5-9-15;/h1-3,6-7,13,15-17H,4-5,8-12,19H2,(H,20,21);1H. The van der Waals surface area contributed by atoms with Crippen molar-refractivity contribution >= 4 is 18.3 Å². The maximum atomic E-state index is 12.6. The minimum Gasteiger partial charge on any atom is -0.360 e. The average molecular weight is 339 g/mol. The van der Waals surface area contributed by atoms with E-state index in [1.165, 1.54) is 25.7 Å². The Bertz CT molecular complexity index is 487. The van der Waals surface area contributed by atoms with E-state index in [4.69, 9.17) is 10.5 Å². The van der Waals surface area contributed by atoms with E-state index in [-0.39, 0.29) is 30.5 Å². The van der Waals surface area contributed by atoms with Gasteiger partial charge in [-0.05, 0) is 37.2 Å². The molecule has 2 unspecified atom stereocenters. The SMILES string of the molecule is Cl.NC(CNC(=O)C(OC1CCCC1)c1ccccc1)C1CC1. The lowest BCUT2D eigenvalue weighted by Gasteiger charge is -2.23. The Morgan fingerprint density at radius 2 is 1.83 bits per heavy atom. The molecule has 0 bridgehead atoms. The Morgan fingerprint density at radius 3 is 2.43 bits per heavy atom. The molecule has 1 amide bonds. The number of hydrogen-bond acceptors (Lipinski definition) is 3. The van der Waals surface area contributed by atoms with Crippen LogP contribution in [0.4, 0.5) is 0 Å². The van der Waals surface area contributed by atoms with Gasteiger partial charge in [0.05, 0.1) is 6.10 Å². The summed E-state index contributed by atoms with van der Waals surface area (Å²) in [6.45, 7) is 0.543. The van der Waals surface area contributed by atoms with Crippen LogP contribution in [0.2, 0.25) is 0 Å². The molecule has 1 aromatic carbocycles. The first kappa shape index (κ1) is 18.2. The Morgan fingerprint density at radius 1 is 1.17 bits per heavy atom. The van der Waals surface area contributed by atoms with Crippen LogP contribution in [0.1, 0.15) is 50.2 Å². The molecule has 0 aromatic heterocycles. The monoisotopic (exact) mass is 338 g/mol. The molecule has 2 saturated carbocycles. The number of nitrogens with one attached hydrogen (secondary N) is 1. The smallest absolute Gasteiger partial charge is 0.253 e. The molecule has 2 fully saturated rings. The van der Waals surface area contributed by atoms with Crippen molar-refractivity contribution in [2.24, 2.45) is 11.7 Å². The second kappa shape index (κ2) is 8.67. The number of benzene rings is 1. The highest BCUT2D eigenvalue weighted by Crippen LogP contribution is 2.31. The largest absolute Gasteiger partial charge is 0.360 e. The molecule has 3 rings (SSSR count). The third-order valence-electron chi connectivity index (χ3n) is 4.71. The van der Waals surface area contributed by atoms with Gasteiger partial charge in [0, 0.05) is 12.6 Å². The Labute approximate surface area is 144 Å². The van der Waals surface area contributed by atoms with Crippen LogP contribution >= 0.6 is 12.4 Å². The molecule has 0 aliphatic heterocycles. The van der Waals surface area contributed by atoms with Gasteiger partial charge < -0.3 is 15.8 Å². The number of rotatable bonds is 7. The van der Waals surface area contributed by atoms with Gasteiger partial charge in [-0.15, -0.1) is 12.4 Å². The second-order valence-electron chi connectivity index (χ2n) is 6.58. The van der Waals surface area contributed by atoms with Crippen molar-refractivity contribution < 1.29 is 9.53 Å². The molecule has 2 aliphatic carbocycles. The summed E-state index contributed by atoms with van der Waals surface area (Å²) in [4.78, 5) is 12.6. The van der Waals surface area contributed by atoms with E-state index >= 15 is 0 Å². The van der Waals surface area contributed by atoms with E-state index in [0.29, 0.717) is 12.5 Å². The number of ether oxygens (including phenoxy) is 1. The zero-order valence-electron chi connectivity index (χ0n) is 13.4. The summed E-state index contributed by atoms with van der Waals surface area (Å²) in [5.74, 6) is 0.528. The molecular weight excluding hydrogens is 312 g/mol. The van der Waals surface area contributed by atoms with Crippen LogP contribution in [0.5, 0.6) is 0 Å².